The van der Waals surface area contributed by atoms with Crippen molar-refractivity contribution in [3.05, 3.63) is 0 Å². The lowest BCUT2D eigenvalue weighted by atomic mass is 10.0. The predicted octanol–water partition coefficient (Wildman–Crippen LogP) is 16.5. The van der Waals surface area contributed by atoms with Crippen molar-refractivity contribution in [3.63, 3.8) is 0 Å². The lowest BCUT2D eigenvalue weighted by molar-refractivity contribution is -0.137. The minimum atomic E-state index is -0.653. The van der Waals surface area contributed by atoms with Gasteiger partial charge in [0.1, 0.15) is 0 Å². The monoisotopic (exact) mass is 695 g/mol. The van der Waals surface area contributed by atoms with E-state index < -0.39 is 5.97 Å². The zero-order chi connectivity index (χ0) is 36.0. The van der Waals surface area contributed by atoms with Gasteiger partial charge in [-0.25, -0.2) is 0 Å². The van der Waals surface area contributed by atoms with Crippen LogP contribution in [-0.2, 0) is 4.79 Å². The fraction of sp³-hybridized carbons (Fsp3) is 0.978. The molecule has 0 aliphatic heterocycles. The summed E-state index contributed by atoms with van der Waals surface area (Å²) in [5.41, 5.74) is 0. The van der Waals surface area contributed by atoms with Gasteiger partial charge in [-0.15, -0.1) is 0 Å². The number of aliphatic hydroxyl groups is 1. The summed E-state index contributed by atoms with van der Waals surface area (Å²) in [6.45, 7) is 4.94. The highest BCUT2D eigenvalue weighted by Gasteiger charge is 1.98. The zero-order valence-corrected chi connectivity index (χ0v) is 34.2. The van der Waals surface area contributed by atoms with Gasteiger partial charge < -0.3 is 10.2 Å². The summed E-state index contributed by atoms with van der Waals surface area (Å²) >= 11 is 0. The summed E-state index contributed by atoms with van der Waals surface area (Å²) in [7, 11) is 0. The number of hydrogen-bond donors (Lipinski definition) is 2. The number of carboxylic acids is 1. The van der Waals surface area contributed by atoms with E-state index in [-0.39, 0.29) is 0 Å². The summed E-state index contributed by atoms with van der Waals surface area (Å²) in [4.78, 5) is 10.3. The Morgan fingerprint density at radius 1 is 0.286 bits per heavy atom. The molecule has 49 heavy (non-hydrogen) atoms. The van der Waals surface area contributed by atoms with Crippen LogP contribution in [-0.4, -0.2) is 22.8 Å². The van der Waals surface area contributed by atoms with E-state index >= 15 is 0 Å². The van der Waals surface area contributed by atoms with Crippen molar-refractivity contribution >= 4 is 5.97 Å². The van der Waals surface area contributed by atoms with Crippen molar-refractivity contribution in [2.45, 2.75) is 284 Å². The molecular weight excluding hydrogens is 601 g/mol. The Bertz CT molecular complexity index is 537. The Labute approximate surface area is 310 Å². The molecule has 0 heterocycles. The molecule has 0 radical (unpaired) electrons. The maximum Gasteiger partial charge on any atom is 0.303 e. The standard InChI is InChI=1S/C28H58O.C18H36O2/c1-2-3-4-5-6-7-8-9-10-11-12-13-14-15-16-17-18-19-20-21-22-23-24-25-26-27-28-29;1-2-3-4-5-6-7-8-9-10-11-12-13-14-15-16-17-18(19)20/h29H,2-28H2,1H3;2-17H2,1H3,(H,19,20). The van der Waals surface area contributed by atoms with Gasteiger partial charge in [-0.1, -0.05) is 264 Å². The van der Waals surface area contributed by atoms with Gasteiger partial charge in [0.05, 0.1) is 0 Å². The second-order valence-electron chi connectivity index (χ2n) is 15.7. The van der Waals surface area contributed by atoms with Crippen molar-refractivity contribution in [2.24, 2.45) is 0 Å². The van der Waals surface area contributed by atoms with Gasteiger partial charge in [0.15, 0.2) is 0 Å². The number of unbranched alkanes of at least 4 members (excludes halogenated alkanes) is 39. The third kappa shape index (κ3) is 54.4. The summed E-state index contributed by atoms with van der Waals surface area (Å²) in [6, 6.07) is 0. The Morgan fingerprint density at radius 3 is 0.612 bits per heavy atom. The van der Waals surface area contributed by atoms with Gasteiger partial charge in [-0.2, -0.15) is 0 Å². The largest absolute Gasteiger partial charge is 0.481 e. The quantitative estimate of drug-likeness (QED) is 0.0625. The van der Waals surface area contributed by atoms with Gasteiger partial charge >= 0.3 is 5.97 Å². The van der Waals surface area contributed by atoms with E-state index in [0.717, 1.165) is 19.3 Å². The minimum absolute atomic E-state index is 0.345. The third-order valence-electron chi connectivity index (χ3n) is 10.5. The molecule has 0 fully saturated rings. The van der Waals surface area contributed by atoms with Crippen LogP contribution in [0.1, 0.15) is 284 Å². The van der Waals surface area contributed by atoms with Crippen LogP contribution in [0.25, 0.3) is 0 Å². The first-order valence-corrected chi connectivity index (χ1v) is 23.0. The van der Waals surface area contributed by atoms with Gasteiger partial charge in [0, 0.05) is 13.0 Å². The van der Waals surface area contributed by atoms with Crippen LogP contribution >= 0.6 is 0 Å². The van der Waals surface area contributed by atoms with Crippen molar-refractivity contribution in [3.8, 4) is 0 Å². The maximum absolute atomic E-state index is 10.3. The SMILES string of the molecule is CCCCCCCCCCCCCCCCCC(=O)O.CCCCCCCCCCCCCCCCCCCCCCCCCCCCO. The van der Waals surface area contributed by atoms with E-state index in [1.165, 1.54) is 244 Å². The molecule has 0 rings (SSSR count). The Kier molecular flexibility index (Phi) is 51.1. The first-order chi connectivity index (χ1) is 24.2. The van der Waals surface area contributed by atoms with Crippen LogP contribution in [0.2, 0.25) is 0 Å². The number of hydrogen-bond acceptors (Lipinski definition) is 2. The highest BCUT2D eigenvalue weighted by Crippen LogP contribution is 2.17. The summed E-state index contributed by atoms with van der Waals surface area (Å²) in [5, 5.41) is 17.3. The molecule has 0 spiro atoms. The number of carbonyl (C=O) groups is 1. The minimum Gasteiger partial charge on any atom is -0.481 e. The van der Waals surface area contributed by atoms with E-state index in [9.17, 15) is 4.79 Å². The molecule has 0 aromatic heterocycles. The molecule has 3 nitrogen and oxygen atoms in total. The summed E-state index contributed by atoms with van der Waals surface area (Å²) in [5.74, 6) is -0.653. The molecule has 0 aromatic rings. The second-order valence-corrected chi connectivity index (χ2v) is 15.7. The van der Waals surface area contributed by atoms with E-state index in [0.29, 0.717) is 13.0 Å². The van der Waals surface area contributed by atoms with Gasteiger partial charge in [0.2, 0.25) is 0 Å². The van der Waals surface area contributed by atoms with E-state index in [1.54, 1.807) is 0 Å². The van der Waals surface area contributed by atoms with Crippen LogP contribution in [0, 0.1) is 0 Å². The molecule has 2 N–H and O–H groups in total. The Balaban J connectivity index is 0. The molecule has 0 bridgehead atoms. The van der Waals surface area contributed by atoms with Crippen molar-refractivity contribution in [1.82, 2.24) is 0 Å². The van der Waals surface area contributed by atoms with E-state index in [4.69, 9.17) is 10.2 Å². The van der Waals surface area contributed by atoms with Crippen LogP contribution in [0.5, 0.6) is 0 Å². The molecule has 3 heteroatoms. The summed E-state index contributed by atoms with van der Waals surface area (Å²) < 4.78 is 0. The van der Waals surface area contributed by atoms with E-state index in [2.05, 4.69) is 13.8 Å². The third-order valence-corrected chi connectivity index (χ3v) is 10.5. The highest BCUT2D eigenvalue weighted by molar-refractivity contribution is 5.66. The van der Waals surface area contributed by atoms with Crippen molar-refractivity contribution in [2.75, 3.05) is 6.61 Å². The molecule has 0 unspecified atom stereocenters. The van der Waals surface area contributed by atoms with Gasteiger partial charge in [0.25, 0.3) is 0 Å². The predicted molar refractivity (Wildman–Crippen MR) is 220 cm³/mol. The fourth-order valence-corrected chi connectivity index (χ4v) is 7.08. The van der Waals surface area contributed by atoms with E-state index in [1.807, 2.05) is 0 Å². The molecule has 296 valence electrons. The Hall–Kier alpha value is -0.570. The van der Waals surface area contributed by atoms with Crippen molar-refractivity contribution < 1.29 is 15.0 Å². The Morgan fingerprint density at radius 2 is 0.449 bits per heavy atom. The second kappa shape index (κ2) is 49.5. The molecule has 0 aliphatic carbocycles. The number of carboxylic acid groups (broad SMARTS) is 1. The average Bonchev–Trinajstić information content (AvgIpc) is 3.10. The van der Waals surface area contributed by atoms with Crippen LogP contribution < -0.4 is 0 Å². The van der Waals surface area contributed by atoms with Gasteiger partial charge in [-0.3, -0.25) is 4.79 Å². The average molecular weight is 695 g/mol. The van der Waals surface area contributed by atoms with Crippen LogP contribution in [0.3, 0.4) is 0 Å². The van der Waals surface area contributed by atoms with Crippen molar-refractivity contribution in [1.29, 1.82) is 0 Å². The maximum atomic E-state index is 10.3. The first-order valence-electron chi connectivity index (χ1n) is 23.0. The number of aliphatic hydroxyl groups excluding tert-OH is 1. The molecule has 0 aliphatic rings. The molecule has 0 saturated heterocycles. The molecule has 0 amide bonds. The number of rotatable bonds is 42. The smallest absolute Gasteiger partial charge is 0.303 e. The van der Waals surface area contributed by atoms with Crippen LogP contribution in [0.15, 0.2) is 0 Å². The molecule has 0 saturated carbocycles. The zero-order valence-electron chi connectivity index (χ0n) is 34.2. The normalized spacial score (nSPS) is 11.2. The summed E-state index contributed by atoms with van der Waals surface area (Å²) in [6.07, 6.45) is 57.3. The molecular formula is C46H94O3. The molecule has 0 aromatic carbocycles. The number of aliphatic carboxylic acids is 1. The lowest BCUT2D eigenvalue weighted by Crippen LogP contribution is -1.93. The first kappa shape index (κ1) is 50.5. The van der Waals surface area contributed by atoms with Gasteiger partial charge in [-0.05, 0) is 12.8 Å². The molecule has 0 atom stereocenters. The fourth-order valence-electron chi connectivity index (χ4n) is 7.08. The topological polar surface area (TPSA) is 57.5 Å². The highest BCUT2D eigenvalue weighted by atomic mass is 16.4. The lowest BCUT2D eigenvalue weighted by Gasteiger charge is -2.04. The van der Waals surface area contributed by atoms with Crippen LogP contribution in [0.4, 0.5) is 0 Å².